The molecule has 2 aromatic rings. The van der Waals surface area contributed by atoms with Gasteiger partial charge in [-0.1, -0.05) is 18.2 Å². The molecule has 7 rings (SSSR count). The number of hydrogen-bond acceptors (Lipinski definition) is 7. The van der Waals surface area contributed by atoms with Gasteiger partial charge in [0.1, 0.15) is 6.54 Å². The molecule has 1 saturated heterocycles. The van der Waals surface area contributed by atoms with Crippen LogP contribution in [0.15, 0.2) is 51.8 Å². The fraction of sp³-hybridized carbons (Fsp3) is 0.400. The first-order valence-electron chi connectivity index (χ1n) is 13.4. The zero-order valence-corrected chi connectivity index (χ0v) is 24.4. The second kappa shape index (κ2) is 10.7. The van der Waals surface area contributed by atoms with Gasteiger partial charge in [-0.15, -0.1) is 0 Å². The summed E-state index contributed by atoms with van der Waals surface area (Å²) in [5.74, 6) is 1.41. The van der Waals surface area contributed by atoms with Crippen LogP contribution in [0.3, 0.4) is 0 Å². The van der Waals surface area contributed by atoms with Crippen molar-refractivity contribution in [3.05, 3.63) is 57.4 Å². The van der Waals surface area contributed by atoms with Crippen LogP contribution in [0.5, 0.6) is 11.5 Å². The molecule has 0 aromatic heterocycles. The van der Waals surface area contributed by atoms with Gasteiger partial charge in [0.2, 0.25) is 5.91 Å². The summed E-state index contributed by atoms with van der Waals surface area (Å²) in [5, 5.41) is 2.18. The van der Waals surface area contributed by atoms with Crippen molar-refractivity contribution in [3.8, 4) is 11.5 Å². The number of carbonyl (C=O) groups excluding carboxylic acids is 4. The van der Waals surface area contributed by atoms with Gasteiger partial charge in [0.05, 0.1) is 23.1 Å². The molecule has 8 nitrogen and oxygen atoms in total. The third-order valence-corrected chi connectivity index (χ3v) is 10.1. The topological polar surface area (TPSA) is 102 Å². The maximum atomic E-state index is 13.4. The Hall–Kier alpha value is -3.11. The van der Waals surface area contributed by atoms with Gasteiger partial charge in [0, 0.05) is 4.47 Å². The molecule has 4 aliphatic carbocycles. The van der Waals surface area contributed by atoms with Gasteiger partial charge >= 0.3 is 5.97 Å². The van der Waals surface area contributed by atoms with Crippen molar-refractivity contribution in [2.75, 3.05) is 19.0 Å². The molecule has 0 spiro atoms. The van der Waals surface area contributed by atoms with Crippen molar-refractivity contribution in [3.63, 3.8) is 0 Å². The first kappa shape index (κ1) is 27.1. The number of amides is 3. The monoisotopic (exact) mass is 624 g/mol. The van der Waals surface area contributed by atoms with Crippen LogP contribution in [0.4, 0.5) is 10.5 Å². The number of halogens is 1. The molecule has 3 amide bonds. The van der Waals surface area contributed by atoms with Crippen LogP contribution >= 0.6 is 27.7 Å². The van der Waals surface area contributed by atoms with Crippen LogP contribution < -0.4 is 14.8 Å². The highest BCUT2D eigenvalue weighted by Crippen LogP contribution is 2.60. The van der Waals surface area contributed by atoms with E-state index < -0.39 is 23.6 Å². The van der Waals surface area contributed by atoms with Crippen molar-refractivity contribution in [1.82, 2.24) is 4.90 Å². The number of thioether (sulfide) groups is 1. The lowest BCUT2D eigenvalue weighted by Gasteiger charge is -2.55. The number of hydrogen-bond donors (Lipinski definition) is 1. The van der Waals surface area contributed by atoms with Crippen LogP contribution in [0.1, 0.15) is 44.1 Å². The van der Waals surface area contributed by atoms with Crippen molar-refractivity contribution in [2.45, 2.75) is 38.5 Å². The van der Waals surface area contributed by atoms with Gasteiger partial charge in [-0.3, -0.25) is 24.1 Å². The molecular formula is C30H29BrN2O6S. The van der Waals surface area contributed by atoms with E-state index in [1.54, 1.807) is 42.5 Å². The molecule has 1 N–H and O–H groups in total. The number of carbonyl (C=O) groups is 4. The predicted octanol–water partition coefficient (Wildman–Crippen LogP) is 6.25. The predicted molar refractivity (Wildman–Crippen MR) is 155 cm³/mol. The third kappa shape index (κ3) is 5.19. The van der Waals surface area contributed by atoms with Crippen LogP contribution in [0.25, 0.3) is 6.08 Å². The van der Waals surface area contributed by atoms with Gasteiger partial charge < -0.3 is 14.8 Å². The number of anilines is 1. The SMILES string of the molecule is COc1cc(/C=C2\SC(=O)N(CC(=O)Nc3ccccc3Br)C2=O)ccc1OC(=O)C12CC3CC(CC(C3)C1)C2. The van der Waals surface area contributed by atoms with E-state index in [4.69, 9.17) is 9.47 Å². The van der Waals surface area contributed by atoms with Crippen LogP contribution in [0, 0.1) is 23.2 Å². The lowest BCUT2D eigenvalue weighted by atomic mass is 9.49. The van der Waals surface area contributed by atoms with Crippen LogP contribution in [-0.2, 0) is 14.4 Å². The highest BCUT2D eigenvalue weighted by molar-refractivity contribution is 9.10. The fourth-order valence-electron chi connectivity index (χ4n) is 7.11. The maximum Gasteiger partial charge on any atom is 0.317 e. The van der Waals surface area contributed by atoms with Gasteiger partial charge in [-0.2, -0.15) is 0 Å². The largest absolute Gasteiger partial charge is 0.493 e. The first-order chi connectivity index (χ1) is 19.2. The number of para-hydroxylation sites is 1. The fourth-order valence-corrected chi connectivity index (χ4v) is 8.33. The molecular weight excluding hydrogens is 596 g/mol. The first-order valence-corrected chi connectivity index (χ1v) is 15.0. The molecule has 5 fully saturated rings. The molecule has 40 heavy (non-hydrogen) atoms. The zero-order valence-electron chi connectivity index (χ0n) is 22.0. The second-order valence-corrected chi connectivity index (χ2v) is 13.1. The normalized spacial score (nSPS) is 27.8. The minimum Gasteiger partial charge on any atom is -0.493 e. The zero-order chi connectivity index (χ0) is 28.0. The smallest absolute Gasteiger partial charge is 0.317 e. The molecule has 5 aliphatic rings. The van der Waals surface area contributed by atoms with E-state index in [0.717, 1.165) is 35.9 Å². The van der Waals surface area contributed by atoms with Gasteiger partial charge in [0.25, 0.3) is 11.1 Å². The van der Waals surface area contributed by atoms with Crippen LogP contribution in [-0.4, -0.2) is 41.6 Å². The van der Waals surface area contributed by atoms with E-state index >= 15 is 0 Å². The van der Waals surface area contributed by atoms with Crippen molar-refractivity contribution >= 4 is 62.5 Å². The van der Waals surface area contributed by atoms with E-state index in [-0.39, 0.29) is 16.3 Å². The summed E-state index contributed by atoms with van der Waals surface area (Å²) in [5.41, 5.74) is 0.765. The van der Waals surface area contributed by atoms with Crippen molar-refractivity contribution in [1.29, 1.82) is 0 Å². The molecule has 1 heterocycles. The third-order valence-electron chi connectivity index (χ3n) is 8.48. The maximum absolute atomic E-state index is 13.4. The highest BCUT2D eigenvalue weighted by atomic mass is 79.9. The number of imide groups is 1. The molecule has 208 valence electrons. The molecule has 10 heteroatoms. The molecule has 0 atom stereocenters. The number of esters is 1. The van der Waals surface area contributed by atoms with Gasteiger partial charge in [-0.05, 0) is 120 Å². The van der Waals surface area contributed by atoms with E-state index in [0.29, 0.717) is 45.0 Å². The number of benzene rings is 2. The van der Waals surface area contributed by atoms with E-state index in [1.165, 1.54) is 26.4 Å². The average molecular weight is 626 g/mol. The van der Waals surface area contributed by atoms with Crippen LogP contribution in [0.2, 0.25) is 0 Å². The number of ether oxygens (including phenoxy) is 2. The molecule has 4 saturated carbocycles. The molecule has 0 unspecified atom stereocenters. The summed E-state index contributed by atoms with van der Waals surface area (Å²) in [6.07, 6.45) is 8.03. The number of rotatable bonds is 7. The number of nitrogens with one attached hydrogen (secondary N) is 1. The minimum atomic E-state index is -0.548. The summed E-state index contributed by atoms with van der Waals surface area (Å²) >= 11 is 4.13. The Labute approximate surface area is 245 Å². The van der Waals surface area contributed by atoms with Crippen molar-refractivity contribution in [2.24, 2.45) is 23.2 Å². The summed E-state index contributed by atoms with van der Waals surface area (Å²) in [7, 11) is 1.50. The van der Waals surface area contributed by atoms with E-state index in [2.05, 4.69) is 21.2 Å². The molecule has 4 bridgehead atoms. The number of nitrogens with zero attached hydrogens (tertiary/aromatic N) is 1. The Morgan fingerprint density at radius 2 is 1.73 bits per heavy atom. The Morgan fingerprint density at radius 3 is 2.38 bits per heavy atom. The average Bonchev–Trinajstić information content (AvgIpc) is 3.17. The van der Waals surface area contributed by atoms with E-state index in [9.17, 15) is 19.2 Å². The molecule has 0 radical (unpaired) electrons. The lowest BCUT2D eigenvalue weighted by Crippen LogP contribution is -2.51. The minimum absolute atomic E-state index is 0.167. The van der Waals surface area contributed by atoms with E-state index in [1.807, 2.05) is 6.07 Å². The molecule has 1 aliphatic heterocycles. The standard InChI is InChI=1S/C30H29BrN2O6S/c1-38-24-11-17(6-7-23(24)39-28(36)30-13-18-8-19(14-30)10-20(9-18)15-30)12-25-27(35)33(29(37)40-25)16-26(34)32-22-5-3-2-4-21(22)31/h2-7,11-12,18-20H,8-10,13-16H2,1H3,(H,32,34)/b25-12-. The van der Waals surface area contributed by atoms with Gasteiger partial charge in [-0.25, -0.2) is 0 Å². The summed E-state index contributed by atoms with van der Waals surface area (Å²) in [6, 6.07) is 12.1. The molecule has 2 aromatic carbocycles. The van der Waals surface area contributed by atoms with Gasteiger partial charge in [0.15, 0.2) is 11.5 Å². The Morgan fingerprint density at radius 1 is 1.05 bits per heavy atom. The quantitative estimate of drug-likeness (QED) is 0.220. The second-order valence-electron chi connectivity index (χ2n) is 11.3. The Kier molecular flexibility index (Phi) is 7.25. The summed E-state index contributed by atoms with van der Waals surface area (Å²) in [6.45, 7) is -0.397. The number of methoxy groups -OCH3 is 1. The highest BCUT2D eigenvalue weighted by Gasteiger charge is 2.55. The Bertz CT molecular complexity index is 1400. The van der Waals surface area contributed by atoms with Crippen molar-refractivity contribution < 1.29 is 28.7 Å². The summed E-state index contributed by atoms with van der Waals surface area (Å²) in [4.78, 5) is 52.6. The lowest BCUT2D eigenvalue weighted by molar-refractivity contribution is -0.161. The Balaban J connectivity index is 1.13. The summed E-state index contributed by atoms with van der Waals surface area (Å²) < 4.78 is 12.2.